The molecule has 0 unspecified atom stereocenters. The van der Waals surface area contributed by atoms with Gasteiger partial charge in [-0.3, -0.25) is 0 Å². The van der Waals surface area contributed by atoms with Crippen LogP contribution in [-0.4, -0.2) is 105 Å². The first-order chi connectivity index (χ1) is 24.9. The van der Waals surface area contributed by atoms with Crippen molar-refractivity contribution < 1.29 is 51.5 Å². The van der Waals surface area contributed by atoms with Crippen molar-refractivity contribution in [2.75, 3.05) is 40.8 Å². The topological polar surface area (TPSA) is 113 Å². The lowest BCUT2D eigenvalue weighted by atomic mass is 9.91. The third-order valence-corrected chi connectivity index (χ3v) is 11.1. The second-order valence-corrected chi connectivity index (χ2v) is 25.1. The van der Waals surface area contributed by atoms with Crippen LogP contribution >= 0.6 is 0 Å². The lowest BCUT2D eigenvalue weighted by Gasteiger charge is -2.37. The van der Waals surface area contributed by atoms with Crippen LogP contribution in [0.4, 0.5) is 0 Å². The van der Waals surface area contributed by atoms with Gasteiger partial charge in [-0.05, 0) is 95.3 Å². The summed E-state index contributed by atoms with van der Waals surface area (Å²) in [4.78, 5) is 14.5. The molecule has 13 heteroatoms. The van der Waals surface area contributed by atoms with Crippen molar-refractivity contribution in [2.24, 2.45) is 0 Å². The van der Waals surface area contributed by atoms with Gasteiger partial charge in [0.1, 0.15) is 41.0 Å². The normalized spacial score (nSPS) is 28.5. The average Bonchev–Trinajstić information content (AvgIpc) is 3.47. The Morgan fingerprint density at radius 2 is 1.74 bits per heavy atom. The molecular formula is C40H52O11Si2. The molecule has 2 aromatic carbocycles. The second kappa shape index (κ2) is 14.8. The van der Waals surface area contributed by atoms with Crippen LogP contribution in [0.3, 0.4) is 0 Å². The number of epoxide rings is 1. The van der Waals surface area contributed by atoms with E-state index < -0.39 is 64.0 Å². The van der Waals surface area contributed by atoms with Crippen LogP contribution in [-0.2, 0) is 37.3 Å². The largest absolute Gasteiger partial charge is 0.497 e. The zero-order valence-electron chi connectivity index (χ0n) is 32.7. The quantitative estimate of drug-likeness (QED) is 0.0421. The first kappa shape index (κ1) is 39.5. The second-order valence-electron chi connectivity index (χ2n) is 16.2. The van der Waals surface area contributed by atoms with E-state index in [0.29, 0.717) is 36.7 Å². The molecule has 0 bridgehead atoms. The average molecular weight is 765 g/mol. The van der Waals surface area contributed by atoms with Gasteiger partial charge in [0.05, 0.1) is 26.9 Å². The van der Waals surface area contributed by atoms with Gasteiger partial charge in [-0.25, -0.2) is 4.79 Å². The molecule has 53 heavy (non-hydrogen) atoms. The Kier molecular flexibility index (Phi) is 11.0. The van der Waals surface area contributed by atoms with E-state index in [4.69, 9.17) is 46.7 Å². The molecule has 0 spiro atoms. The van der Waals surface area contributed by atoms with Gasteiger partial charge in [-0.2, -0.15) is 0 Å². The molecule has 286 valence electrons. The predicted octanol–water partition coefficient (Wildman–Crippen LogP) is 6.13. The van der Waals surface area contributed by atoms with Crippen molar-refractivity contribution in [3.05, 3.63) is 47.0 Å². The number of fused-ring (bicyclic) bond motifs is 3. The van der Waals surface area contributed by atoms with Gasteiger partial charge in [-0.15, -0.1) is 0 Å². The molecule has 2 aliphatic carbocycles. The van der Waals surface area contributed by atoms with Crippen molar-refractivity contribution in [3.8, 4) is 35.2 Å². The molecule has 2 aliphatic heterocycles. The Balaban J connectivity index is 1.41. The molecule has 2 fully saturated rings. The summed E-state index contributed by atoms with van der Waals surface area (Å²) in [5, 5.41) is 1.50. The first-order valence-corrected chi connectivity index (χ1v) is 24.9. The molecular weight excluding hydrogens is 713 g/mol. The highest BCUT2D eigenvalue weighted by atomic mass is 28.4. The van der Waals surface area contributed by atoms with E-state index >= 15 is 0 Å². The summed E-state index contributed by atoms with van der Waals surface area (Å²) in [5.41, 5.74) is -0.244. The van der Waals surface area contributed by atoms with Gasteiger partial charge in [0.25, 0.3) is 0 Å². The molecule has 4 aliphatic rings. The van der Waals surface area contributed by atoms with Crippen LogP contribution in [0.2, 0.25) is 39.3 Å². The van der Waals surface area contributed by atoms with Crippen LogP contribution in [0.5, 0.6) is 11.5 Å². The molecule has 2 aromatic rings. The van der Waals surface area contributed by atoms with E-state index in [-0.39, 0.29) is 18.8 Å². The maximum atomic E-state index is 14.5. The number of esters is 1. The highest BCUT2D eigenvalue weighted by molar-refractivity contribution is 6.70. The Labute approximate surface area is 315 Å². The highest BCUT2D eigenvalue weighted by Crippen LogP contribution is 2.48. The molecule has 0 aromatic heterocycles. The van der Waals surface area contributed by atoms with Crippen molar-refractivity contribution in [1.29, 1.82) is 0 Å². The summed E-state index contributed by atoms with van der Waals surface area (Å²) in [7, 11) is -1.31. The molecule has 0 N–H and O–H groups in total. The Morgan fingerprint density at radius 1 is 0.962 bits per heavy atom. The zero-order chi connectivity index (χ0) is 38.4. The standard InChI is InChI=1S/C40H52O11Si2/c1-26-20-27(43-5)21-30-29(26)12-13-33(45-25-44-19-18-42-4)36(30)37(41)47-28-22-31-32(50-52(6,7)8)14-15-34-40(49-34,35-24-46-38(2,3)48-35)17-16-39(31,23-28)51-53(9,10)11/h12-13,20-22,28,32,34-35H,18-19,23-25H2,1-11H3/t28-,32+,34+,35+,39+,40-/m0/s1. The monoisotopic (exact) mass is 764 g/mol. The Morgan fingerprint density at radius 3 is 2.40 bits per heavy atom. The van der Waals surface area contributed by atoms with E-state index in [2.05, 4.69) is 63.0 Å². The SMILES string of the molecule is COCCOCOc1ccc2c(C)cc(OC)cc2c1C(=O)O[C@H]1C=C2[C@H](O[Si](C)(C)C)C#C[C@H]3O[C@@]3([C@H]3COC(C)(C)O3)C#C[C@@]2(O[Si](C)(C)C)C1. The molecule has 0 amide bonds. The number of methoxy groups -OCH3 is 2. The van der Waals surface area contributed by atoms with Gasteiger partial charge in [0.15, 0.2) is 40.9 Å². The van der Waals surface area contributed by atoms with Crippen molar-refractivity contribution in [3.63, 3.8) is 0 Å². The summed E-state index contributed by atoms with van der Waals surface area (Å²) in [6.45, 7) is 19.4. The van der Waals surface area contributed by atoms with Crippen molar-refractivity contribution in [1.82, 2.24) is 0 Å². The van der Waals surface area contributed by atoms with Gasteiger partial charge >= 0.3 is 5.97 Å². The minimum atomic E-state index is -2.32. The molecule has 11 nitrogen and oxygen atoms in total. The molecule has 2 saturated heterocycles. The summed E-state index contributed by atoms with van der Waals surface area (Å²) < 4.78 is 61.0. The Bertz CT molecular complexity index is 1890. The van der Waals surface area contributed by atoms with E-state index in [1.165, 1.54) is 0 Å². The number of carbonyl (C=O) groups excluding carboxylic acids is 1. The molecule has 0 radical (unpaired) electrons. The summed E-state index contributed by atoms with van der Waals surface area (Å²) in [6, 6.07) is 7.42. The van der Waals surface area contributed by atoms with Gasteiger partial charge in [0.2, 0.25) is 0 Å². The van der Waals surface area contributed by atoms with Crippen LogP contribution in [0.25, 0.3) is 10.8 Å². The van der Waals surface area contributed by atoms with Gasteiger partial charge < -0.3 is 46.7 Å². The number of rotatable bonds is 14. The van der Waals surface area contributed by atoms with E-state index in [9.17, 15) is 4.79 Å². The fourth-order valence-corrected chi connectivity index (χ4v) is 9.14. The van der Waals surface area contributed by atoms with Crippen molar-refractivity contribution >= 4 is 33.4 Å². The lowest BCUT2D eigenvalue weighted by Crippen LogP contribution is -2.47. The van der Waals surface area contributed by atoms with E-state index in [0.717, 1.165) is 16.5 Å². The number of carbonyl (C=O) groups is 1. The lowest BCUT2D eigenvalue weighted by molar-refractivity contribution is -0.143. The number of hydrogen-bond donors (Lipinski definition) is 0. The Hall–Kier alpha value is -3.22. The number of benzene rings is 2. The summed E-state index contributed by atoms with van der Waals surface area (Å²) in [5.74, 6) is 13.2. The smallest absolute Gasteiger partial charge is 0.343 e. The maximum absolute atomic E-state index is 14.5. The number of ether oxygens (including phenoxy) is 8. The summed E-state index contributed by atoms with van der Waals surface area (Å²) in [6.07, 6.45) is -0.182. The van der Waals surface area contributed by atoms with Crippen LogP contribution in [0.15, 0.2) is 35.9 Å². The van der Waals surface area contributed by atoms with E-state index in [1.807, 2.05) is 45.0 Å². The highest BCUT2D eigenvalue weighted by Gasteiger charge is 2.65. The number of aryl methyl sites for hydroxylation is 1. The fraction of sp³-hybridized carbons (Fsp3) is 0.575. The number of hydrogen-bond acceptors (Lipinski definition) is 11. The van der Waals surface area contributed by atoms with Gasteiger partial charge in [-0.1, -0.05) is 29.7 Å². The third-order valence-electron chi connectivity index (χ3n) is 9.20. The minimum Gasteiger partial charge on any atom is -0.497 e. The van der Waals surface area contributed by atoms with Gasteiger partial charge in [0, 0.05) is 24.5 Å². The predicted molar refractivity (Wildman–Crippen MR) is 204 cm³/mol. The van der Waals surface area contributed by atoms with Crippen LogP contribution in [0, 0.1) is 30.6 Å². The summed E-state index contributed by atoms with van der Waals surface area (Å²) >= 11 is 0. The molecule has 2 heterocycles. The van der Waals surface area contributed by atoms with E-state index in [1.54, 1.807) is 20.3 Å². The van der Waals surface area contributed by atoms with Crippen LogP contribution in [0.1, 0.15) is 36.2 Å². The maximum Gasteiger partial charge on any atom is 0.343 e. The third kappa shape index (κ3) is 8.70. The molecule has 0 saturated carbocycles. The minimum absolute atomic E-state index is 0.0829. The molecule has 6 rings (SSSR count). The zero-order valence-corrected chi connectivity index (χ0v) is 34.7. The molecule has 6 atom stereocenters. The van der Waals surface area contributed by atoms with Crippen LogP contribution < -0.4 is 9.47 Å². The fourth-order valence-electron chi connectivity index (χ4n) is 6.95. The van der Waals surface area contributed by atoms with Crippen molar-refractivity contribution in [2.45, 2.75) is 108 Å². The first-order valence-electron chi connectivity index (χ1n) is 18.0.